The molecule has 0 unspecified atom stereocenters. The van der Waals surface area contributed by atoms with Crippen LogP contribution < -0.4 is 15.2 Å². The highest BCUT2D eigenvalue weighted by Gasteiger charge is 2.08. The van der Waals surface area contributed by atoms with Crippen LogP contribution in [0.1, 0.15) is 11.1 Å². The molecule has 0 aliphatic rings. The first kappa shape index (κ1) is 14.6. The first-order valence-corrected chi connectivity index (χ1v) is 6.45. The highest BCUT2D eigenvalue weighted by atomic mass is 35.5. The van der Waals surface area contributed by atoms with Gasteiger partial charge in [-0.3, -0.25) is 0 Å². The van der Waals surface area contributed by atoms with Crippen LogP contribution in [0.15, 0.2) is 36.4 Å². The summed E-state index contributed by atoms with van der Waals surface area (Å²) in [6.45, 7) is 0.585. The summed E-state index contributed by atoms with van der Waals surface area (Å²) < 4.78 is 24.0. The van der Waals surface area contributed by atoms with Gasteiger partial charge < -0.3 is 15.2 Å². The molecule has 5 heteroatoms. The Morgan fingerprint density at radius 2 is 1.95 bits per heavy atom. The van der Waals surface area contributed by atoms with E-state index in [9.17, 15) is 4.39 Å². The number of ether oxygens (including phenoxy) is 2. The molecule has 0 radical (unpaired) electrons. The number of hydrogen-bond donors (Lipinski definition) is 1. The van der Waals surface area contributed by atoms with Crippen molar-refractivity contribution < 1.29 is 13.9 Å². The molecule has 106 valence electrons. The van der Waals surface area contributed by atoms with Crippen molar-refractivity contribution in [2.24, 2.45) is 5.73 Å². The molecule has 0 aliphatic carbocycles. The quantitative estimate of drug-likeness (QED) is 0.918. The normalized spacial score (nSPS) is 10.4. The van der Waals surface area contributed by atoms with Crippen molar-refractivity contribution in [3.05, 3.63) is 58.4 Å². The zero-order chi connectivity index (χ0) is 14.5. The van der Waals surface area contributed by atoms with E-state index in [0.29, 0.717) is 28.6 Å². The molecule has 0 aliphatic heterocycles. The number of nitrogens with two attached hydrogens (primary N) is 1. The van der Waals surface area contributed by atoms with Gasteiger partial charge in [-0.25, -0.2) is 4.39 Å². The molecule has 0 aromatic heterocycles. The van der Waals surface area contributed by atoms with Crippen LogP contribution >= 0.6 is 11.6 Å². The average Bonchev–Trinajstić information content (AvgIpc) is 2.48. The summed E-state index contributed by atoms with van der Waals surface area (Å²) in [5.74, 6) is 0.795. The van der Waals surface area contributed by atoms with E-state index in [2.05, 4.69) is 0 Å². The second kappa shape index (κ2) is 6.59. The van der Waals surface area contributed by atoms with Gasteiger partial charge in [0.15, 0.2) is 11.5 Å². The van der Waals surface area contributed by atoms with Crippen molar-refractivity contribution in [3.63, 3.8) is 0 Å². The van der Waals surface area contributed by atoms with Crippen molar-refractivity contribution in [2.75, 3.05) is 7.11 Å². The van der Waals surface area contributed by atoms with Gasteiger partial charge in [0.1, 0.15) is 12.4 Å². The zero-order valence-electron chi connectivity index (χ0n) is 11.0. The standard InChI is InChI=1S/C15H15ClFNO2/c1-19-15-6-10(8-18)2-5-14(15)20-9-11-7-12(17)3-4-13(11)16/h2-7H,8-9,18H2,1H3. The number of benzene rings is 2. The third kappa shape index (κ3) is 3.40. The molecule has 0 amide bonds. The predicted octanol–water partition coefficient (Wildman–Crippen LogP) is 3.53. The van der Waals surface area contributed by atoms with Crippen LogP contribution in [0.3, 0.4) is 0 Å². The fourth-order valence-electron chi connectivity index (χ4n) is 1.77. The average molecular weight is 296 g/mol. The lowest BCUT2D eigenvalue weighted by molar-refractivity contribution is 0.284. The molecule has 0 atom stereocenters. The highest BCUT2D eigenvalue weighted by molar-refractivity contribution is 6.31. The lowest BCUT2D eigenvalue weighted by Crippen LogP contribution is -2.01. The second-order valence-corrected chi connectivity index (χ2v) is 4.62. The van der Waals surface area contributed by atoms with Gasteiger partial charge in [0, 0.05) is 17.1 Å². The second-order valence-electron chi connectivity index (χ2n) is 4.21. The van der Waals surface area contributed by atoms with Gasteiger partial charge in [0.05, 0.1) is 7.11 Å². The molecule has 0 bridgehead atoms. The Morgan fingerprint density at radius 1 is 1.15 bits per heavy atom. The van der Waals surface area contributed by atoms with Crippen LogP contribution in [0.25, 0.3) is 0 Å². The minimum absolute atomic E-state index is 0.162. The van der Waals surface area contributed by atoms with E-state index in [1.807, 2.05) is 12.1 Å². The molecule has 2 rings (SSSR count). The van der Waals surface area contributed by atoms with Crippen LogP contribution in [0.4, 0.5) is 4.39 Å². The maximum Gasteiger partial charge on any atom is 0.161 e. The third-order valence-corrected chi connectivity index (χ3v) is 3.22. The van der Waals surface area contributed by atoms with Crippen molar-refractivity contribution >= 4 is 11.6 Å². The fourth-order valence-corrected chi connectivity index (χ4v) is 1.94. The molecule has 0 spiro atoms. The Bertz CT molecular complexity index is 604. The third-order valence-electron chi connectivity index (χ3n) is 2.85. The Balaban J connectivity index is 2.16. The number of rotatable bonds is 5. The molecule has 0 saturated heterocycles. The van der Waals surface area contributed by atoms with Crippen molar-refractivity contribution in [2.45, 2.75) is 13.2 Å². The Morgan fingerprint density at radius 3 is 2.65 bits per heavy atom. The fraction of sp³-hybridized carbons (Fsp3) is 0.200. The molecule has 0 heterocycles. The minimum Gasteiger partial charge on any atom is -0.493 e. The molecule has 2 aromatic rings. The van der Waals surface area contributed by atoms with Gasteiger partial charge in [-0.15, -0.1) is 0 Å². The van der Waals surface area contributed by atoms with E-state index in [1.165, 1.54) is 18.2 Å². The summed E-state index contributed by atoms with van der Waals surface area (Å²) in [4.78, 5) is 0. The van der Waals surface area contributed by atoms with E-state index in [1.54, 1.807) is 13.2 Å². The van der Waals surface area contributed by atoms with Gasteiger partial charge in [-0.1, -0.05) is 17.7 Å². The molecule has 0 saturated carbocycles. The summed E-state index contributed by atoms with van der Waals surface area (Å²) in [5.41, 5.74) is 7.09. The summed E-state index contributed by atoms with van der Waals surface area (Å²) in [6, 6.07) is 9.59. The van der Waals surface area contributed by atoms with Gasteiger partial charge in [0.25, 0.3) is 0 Å². The summed E-state index contributed by atoms with van der Waals surface area (Å²) >= 11 is 5.99. The highest BCUT2D eigenvalue weighted by Crippen LogP contribution is 2.29. The molecule has 2 aromatic carbocycles. The van der Waals surface area contributed by atoms with Crippen molar-refractivity contribution in [1.82, 2.24) is 0 Å². The monoisotopic (exact) mass is 295 g/mol. The largest absolute Gasteiger partial charge is 0.493 e. The predicted molar refractivity (Wildman–Crippen MR) is 76.6 cm³/mol. The molecular formula is C15H15ClFNO2. The minimum atomic E-state index is -0.349. The summed E-state index contributed by atoms with van der Waals surface area (Å²) in [7, 11) is 1.55. The first-order valence-electron chi connectivity index (χ1n) is 6.07. The molecule has 2 N–H and O–H groups in total. The molecule has 0 fully saturated rings. The van der Waals surface area contributed by atoms with Crippen LogP contribution in [-0.4, -0.2) is 7.11 Å². The van der Waals surface area contributed by atoms with E-state index in [-0.39, 0.29) is 12.4 Å². The Labute approximate surface area is 122 Å². The molecule has 20 heavy (non-hydrogen) atoms. The van der Waals surface area contributed by atoms with Gasteiger partial charge in [0.2, 0.25) is 0 Å². The maximum atomic E-state index is 13.2. The lowest BCUT2D eigenvalue weighted by atomic mass is 10.2. The van der Waals surface area contributed by atoms with Crippen molar-refractivity contribution in [1.29, 1.82) is 0 Å². The Hall–Kier alpha value is -1.78. The van der Waals surface area contributed by atoms with Crippen LogP contribution in [0, 0.1) is 5.82 Å². The summed E-state index contributed by atoms with van der Waals surface area (Å²) in [5, 5.41) is 0.462. The first-order chi connectivity index (χ1) is 9.63. The maximum absolute atomic E-state index is 13.2. The lowest BCUT2D eigenvalue weighted by Gasteiger charge is -2.12. The van der Waals surface area contributed by atoms with Crippen molar-refractivity contribution in [3.8, 4) is 11.5 Å². The van der Waals surface area contributed by atoms with Gasteiger partial charge >= 0.3 is 0 Å². The van der Waals surface area contributed by atoms with E-state index in [4.69, 9.17) is 26.8 Å². The van der Waals surface area contributed by atoms with Gasteiger partial charge in [-0.2, -0.15) is 0 Å². The van der Waals surface area contributed by atoms with Crippen LogP contribution in [0.5, 0.6) is 11.5 Å². The Kier molecular flexibility index (Phi) is 4.82. The van der Waals surface area contributed by atoms with Gasteiger partial charge in [-0.05, 0) is 35.9 Å². The molecule has 3 nitrogen and oxygen atoms in total. The zero-order valence-corrected chi connectivity index (χ0v) is 11.8. The van der Waals surface area contributed by atoms with Crippen LogP contribution in [0.2, 0.25) is 5.02 Å². The number of methoxy groups -OCH3 is 1. The summed E-state index contributed by atoms with van der Waals surface area (Å²) in [6.07, 6.45) is 0. The molecular weight excluding hydrogens is 281 g/mol. The number of halogens is 2. The topological polar surface area (TPSA) is 44.5 Å². The van der Waals surface area contributed by atoms with E-state index >= 15 is 0 Å². The smallest absolute Gasteiger partial charge is 0.161 e. The van der Waals surface area contributed by atoms with Crippen LogP contribution in [-0.2, 0) is 13.2 Å². The van der Waals surface area contributed by atoms with E-state index in [0.717, 1.165) is 5.56 Å². The van der Waals surface area contributed by atoms with E-state index < -0.39 is 0 Å². The SMILES string of the molecule is COc1cc(CN)ccc1OCc1cc(F)ccc1Cl. The number of hydrogen-bond acceptors (Lipinski definition) is 3.